The smallest absolute Gasteiger partial charge is 0.272 e. The molecule has 0 aliphatic carbocycles. The fourth-order valence-electron chi connectivity index (χ4n) is 3.60. The molecule has 1 saturated heterocycles. The number of piperidine rings is 1. The molecule has 0 radical (unpaired) electrons. The summed E-state index contributed by atoms with van der Waals surface area (Å²) in [5.74, 6) is 0.507. The number of amides is 2. The largest absolute Gasteiger partial charge is 0.497 e. The molecule has 1 fully saturated rings. The van der Waals surface area contributed by atoms with Crippen LogP contribution in [-0.4, -0.2) is 48.3 Å². The maximum absolute atomic E-state index is 12.7. The van der Waals surface area contributed by atoms with Gasteiger partial charge in [-0.3, -0.25) is 14.6 Å². The number of hydrogen-bond acceptors (Lipinski definition) is 4. The molecular formula is C21H20ClN3O3. The number of hydrogen-bond donors (Lipinski definition) is 1. The van der Waals surface area contributed by atoms with E-state index in [-0.39, 0.29) is 11.8 Å². The van der Waals surface area contributed by atoms with Gasteiger partial charge in [-0.25, -0.2) is 0 Å². The van der Waals surface area contributed by atoms with Crippen LogP contribution >= 0.6 is 11.6 Å². The molecule has 4 rings (SSSR count). The van der Waals surface area contributed by atoms with Crippen LogP contribution in [0.3, 0.4) is 0 Å². The second-order valence-electron chi connectivity index (χ2n) is 6.97. The predicted octanol–water partition coefficient (Wildman–Crippen LogP) is 2.90. The monoisotopic (exact) mass is 397 g/mol. The minimum atomic E-state index is -0.636. The van der Waals surface area contributed by atoms with Gasteiger partial charge in [0.25, 0.3) is 11.8 Å². The van der Waals surface area contributed by atoms with Gasteiger partial charge >= 0.3 is 0 Å². The number of likely N-dealkylation sites (tertiary alicyclic amines) is 1. The molecule has 2 aromatic carbocycles. The van der Waals surface area contributed by atoms with Crippen molar-refractivity contribution >= 4 is 29.1 Å². The molecule has 0 bridgehead atoms. The average molecular weight is 398 g/mol. The van der Waals surface area contributed by atoms with Crippen molar-refractivity contribution < 1.29 is 14.3 Å². The van der Waals surface area contributed by atoms with Crippen LogP contribution in [0.15, 0.2) is 53.5 Å². The van der Waals surface area contributed by atoms with Crippen molar-refractivity contribution in [3.8, 4) is 5.75 Å². The van der Waals surface area contributed by atoms with Crippen LogP contribution in [0, 0.1) is 0 Å². The molecule has 144 valence electrons. The van der Waals surface area contributed by atoms with E-state index in [9.17, 15) is 9.59 Å². The first-order chi connectivity index (χ1) is 13.5. The van der Waals surface area contributed by atoms with Crippen molar-refractivity contribution in [3.63, 3.8) is 0 Å². The molecule has 1 spiro atoms. The van der Waals surface area contributed by atoms with E-state index in [1.54, 1.807) is 60.5 Å². The maximum atomic E-state index is 12.7. The Labute approximate surface area is 168 Å². The van der Waals surface area contributed by atoms with E-state index in [1.807, 2.05) is 0 Å². The summed E-state index contributed by atoms with van der Waals surface area (Å²) < 4.78 is 5.13. The standard InChI is InChI=1S/C21H20ClN3O3/c1-28-17-8-4-15(5-9-17)20(27)25-12-10-21(11-13-25)23-18(19(26)24-21)14-2-6-16(22)7-3-14/h2-9H,10-13H2,1H3,(H,24,26). The Bertz CT molecular complexity index is 930. The van der Waals surface area contributed by atoms with E-state index in [0.29, 0.717) is 48.0 Å². The topological polar surface area (TPSA) is 71.0 Å². The molecule has 2 aliphatic rings. The SMILES string of the molecule is COc1ccc(C(=O)N2CCC3(CC2)N=C(c2ccc(Cl)cc2)C(=O)N3)cc1. The minimum absolute atomic E-state index is 0.0243. The van der Waals surface area contributed by atoms with Crippen molar-refractivity contribution in [1.29, 1.82) is 0 Å². The summed E-state index contributed by atoms with van der Waals surface area (Å²) in [6.07, 6.45) is 1.16. The third-order valence-corrected chi connectivity index (χ3v) is 5.47. The Balaban J connectivity index is 1.46. The summed E-state index contributed by atoms with van der Waals surface area (Å²) in [6, 6.07) is 14.2. The Hall–Kier alpha value is -2.86. The summed E-state index contributed by atoms with van der Waals surface area (Å²) in [4.78, 5) is 31.7. The van der Waals surface area contributed by atoms with Crippen molar-refractivity contribution in [3.05, 3.63) is 64.7 Å². The molecule has 2 aromatic rings. The number of halogens is 1. The third kappa shape index (κ3) is 3.47. The second kappa shape index (κ2) is 7.28. The van der Waals surface area contributed by atoms with Gasteiger partial charge in [-0.2, -0.15) is 0 Å². The van der Waals surface area contributed by atoms with Crippen LogP contribution in [0.5, 0.6) is 5.75 Å². The van der Waals surface area contributed by atoms with E-state index < -0.39 is 5.66 Å². The molecule has 1 N–H and O–H groups in total. The van der Waals surface area contributed by atoms with Gasteiger partial charge in [0.2, 0.25) is 0 Å². The summed E-state index contributed by atoms with van der Waals surface area (Å²) in [5, 5.41) is 3.63. The summed E-state index contributed by atoms with van der Waals surface area (Å²) in [5.41, 5.74) is 1.16. The second-order valence-corrected chi connectivity index (χ2v) is 7.41. The van der Waals surface area contributed by atoms with E-state index in [4.69, 9.17) is 21.3 Å². The fraction of sp³-hybridized carbons (Fsp3) is 0.286. The Morgan fingerprint density at radius 1 is 1.11 bits per heavy atom. The highest BCUT2D eigenvalue weighted by Crippen LogP contribution is 2.30. The van der Waals surface area contributed by atoms with Crippen LogP contribution in [0.1, 0.15) is 28.8 Å². The predicted molar refractivity (Wildman–Crippen MR) is 107 cm³/mol. The molecule has 0 atom stereocenters. The zero-order valence-corrected chi connectivity index (χ0v) is 16.2. The molecule has 6 nitrogen and oxygen atoms in total. The van der Waals surface area contributed by atoms with Crippen molar-refractivity contribution in [1.82, 2.24) is 10.2 Å². The normalized spacial score (nSPS) is 18.0. The lowest BCUT2D eigenvalue weighted by atomic mass is 9.97. The Morgan fingerprint density at radius 2 is 1.75 bits per heavy atom. The first-order valence-electron chi connectivity index (χ1n) is 9.11. The molecule has 0 aromatic heterocycles. The molecule has 0 unspecified atom stereocenters. The lowest BCUT2D eigenvalue weighted by molar-refractivity contribution is -0.115. The molecule has 0 saturated carbocycles. The van der Waals surface area contributed by atoms with Crippen LogP contribution < -0.4 is 10.1 Å². The van der Waals surface area contributed by atoms with Crippen LogP contribution in [0.25, 0.3) is 0 Å². The summed E-state index contributed by atoms with van der Waals surface area (Å²) >= 11 is 5.93. The van der Waals surface area contributed by atoms with E-state index >= 15 is 0 Å². The van der Waals surface area contributed by atoms with Crippen LogP contribution in [0.4, 0.5) is 0 Å². The number of carbonyl (C=O) groups is 2. The summed E-state index contributed by atoms with van der Waals surface area (Å²) in [6.45, 7) is 1.06. The van der Waals surface area contributed by atoms with Crippen LogP contribution in [0.2, 0.25) is 5.02 Å². The number of ether oxygens (including phenoxy) is 1. The number of methoxy groups -OCH3 is 1. The van der Waals surface area contributed by atoms with Gasteiger partial charge in [0, 0.05) is 42.1 Å². The number of benzene rings is 2. The fourth-order valence-corrected chi connectivity index (χ4v) is 3.73. The van der Waals surface area contributed by atoms with Gasteiger partial charge in [0.1, 0.15) is 17.1 Å². The van der Waals surface area contributed by atoms with Crippen molar-refractivity contribution in [2.75, 3.05) is 20.2 Å². The van der Waals surface area contributed by atoms with Crippen molar-refractivity contribution in [2.45, 2.75) is 18.5 Å². The zero-order valence-electron chi connectivity index (χ0n) is 15.4. The molecule has 7 heteroatoms. The third-order valence-electron chi connectivity index (χ3n) is 5.22. The molecule has 28 heavy (non-hydrogen) atoms. The number of nitrogens with one attached hydrogen (secondary N) is 1. The highest BCUT2D eigenvalue weighted by Gasteiger charge is 2.42. The summed E-state index contributed by atoms with van der Waals surface area (Å²) in [7, 11) is 1.59. The lowest BCUT2D eigenvalue weighted by Gasteiger charge is -2.37. The molecule has 2 amide bonds. The van der Waals surface area contributed by atoms with Gasteiger partial charge in [-0.05, 0) is 36.4 Å². The van der Waals surface area contributed by atoms with Gasteiger partial charge in [0.05, 0.1) is 7.11 Å². The zero-order chi connectivity index (χ0) is 19.7. The number of carbonyl (C=O) groups excluding carboxylic acids is 2. The molecule has 2 heterocycles. The highest BCUT2D eigenvalue weighted by atomic mass is 35.5. The van der Waals surface area contributed by atoms with Gasteiger partial charge in [-0.1, -0.05) is 23.7 Å². The van der Waals surface area contributed by atoms with Gasteiger partial charge < -0.3 is 15.0 Å². The van der Waals surface area contributed by atoms with E-state index in [0.717, 1.165) is 5.56 Å². The number of aliphatic imine (C=N–C) groups is 1. The maximum Gasteiger partial charge on any atom is 0.272 e. The van der Waals surface area contributed by atoms with E-state index in [2.05, 4.69) is 5.32 Å². The minimum Gasteiger partial charge on any atom is -0.497 e. The van der Waals surface area contributed by atoms with Crippen LogP contribution in [-0.2, 0) is 4.79 Å². The van der Waals surface area contributed by atoms with Crippen molar-refractivity contribution in [2.24, 2.45) is 4.99 Å². The number of rotatable bonds is 3. The first-order valence-corrected chi connectivity index (χ1v) is 9.49. The lowest BCUT2D eigenvalue weighted by Crippen LogP contribution is -2.52. The quantitative estimate of drug-likeness (QED) is 0.865. The highest BCUT2D eigenvalue weighted by molar-refractivity contribution is 6.47. The molecule has 2 aliphatic heterocycles. The Morgan fingerprint density at radius 3 is 2.36 bits per heavy atom. The van der Waals surface area contributed by atoms with E-state index in [1.165, 1.54) is 0 Å². The molecular weight excluding hydrogens is 378 g/mol. The first kappa shape index (κ1) is 18.5. The van der Waals surface area contributed by atoms with Gasteiger partial charge in [-0.15, -0.1) is 0 Å². The number of nitrogens with zero attached hydrogens (tertiary/aromatic N) is 2. The van der Waals surface area contributed by atoms with Gasteiger partial charge in [0.15, 0.2) is 0 Å². The Kier molecular flexibility index (Phi) is 4.81. The average Bonchev–Trinajstić information content (AvgIpc) is 3.04.